The smallest absolute Gasteiger partial charge is 0.316 e. The molecule has 1 amide bonds. The minimum absolute atomic E-state index is 0.224. The zero-order chi connectivity index (χ0) is 16.5. The van der Waals surface area contributed by atoms with Gasteiger partial charge in [0.2, 0.25) is 0 Å². The van der Waals surface area contributed by atoms with Crippen LogP contribution in [-0.2, 0) is 0 Å². The van der Waals surface area contributed by atoms with Gasteiger partial charge in [0.25, 0.3) is 5.91 Å². The summed E-state index contributed by atoms with van der Waals surface area (Å²) in [6, 6.07) is 7.33. The van der Waals surface area contributed by atoms with Crippen molar-refractivity contribution in [3.05, 3.63) is 42.2 Å². The van der Waals surface area contributed by atoms with Gasteiger partial charge >= 0.3 is 6.01 Å². The number of nitrogens with zero attached hydrogens (tertiary/aromatic N) is 2. The first kappa shape index (κ1) is 16.7. The molecule has 1 N–H and O–H groups in total. The van der Waals surface area contributed by atoms with Crippen LogP contribution < -0.4 is 14.8 Å². The molecular weight excluding hydrogens is 294 g/mol. The zero-order valence-corrected chi connectivity index (χ0v) is 13.4. The number of unbranched alkanes of at least 4 members (excludes halogenated alkanes) is 1. The van der Waals surface area contributed by atoms with Crippen LogP contribution in [0.15, 0.2) is 36.7 Å². The van der Waals surface area contributed by atoms with Crippen LogP contribution in [0.2, 0.25) is 0 Å². The number of benzene rings is 1. The molecule has 23 heavy (non-hydrogen) atoms. The Hall–Kier alpha value is -2.63. The largest absolute Gasteiger partial charge is 0.494 e. The second-order valence-electron chi connectivity index (χ2n) is 4.87. The molecule has 0 aliphatic heterocycles. The molecule has 2 aromatic rings. The SMILES string of the molecule is CCCCOc1ccc(C(=O)Nc2cnc(OCC)nc2)cc1. The van der Waals surface area contributed by atoms with Gasteiger partial charge in [0.15, 0.2) is 0 Å². The number of hydrogen-bond acceptors (Lipinski definition) is 5. The van der Waals surface area contributed by atoms with Crippen molar-refractivity contribution >= 4 is 11.6 Å². The van der Waals surface area contributed by atoms with Gasteiger partial charge in [0.1, 0.15) is 5.75 Å². The predicted molar refractivity (Wildman–Crippen MR) is 88.0 cm³/mol. The van der Waals surface area contributed by atoms with E-state index < -0.39 is 0 Å². The number of hydrogen-bond donors (Lipinski definition) is 1. The van der Waals surface area contributed by atoms with Crippen LogP contribution in [0.25, 0.3) is 0 Å². The molecule has 0 radical (unpaired) electrons. The number of aromatic nitrogens is 2. The van der Waals surface area contributed by atoms with E-state index in [2.05, 4.69) is 22.2 Å². The van der Waals surface area contributed by atoms with Crippen LogP contribution in [0.5, 0.6) is 11.8 Å². The van der Waals surface area contributed by atoms with E-state index in [-0.39, 0.29) is 5.91 Å². The van der Waals surface area contributed by atoms with Crippen molar-refractivity contribution in [1.29, 1.82) is 0 Å². The maximum atomic E-state index is 12.2. The molecule has 2 rings (SSSR count). The maximum absolute atomic E-state index is 12.2. The van der Waals surface area contributed by atoms with Gasteiger partial charge in [-0.15, -0.1) is 0 Å². The lowest BCUT2D eigenvalue weighted by Gasteiger charge is -2.07. The average molecular weight is 315 g/mol. The third-order valence-corrected chi connectivity index (χ3v) is 3.04. The molecule has 1 heterocycles. The minimum Gasteiger partial charge on any atom is -0.494 e. The van der Waals surface area contributed by atoms with Crippen molar-refractivity contribution in [1.82, 2.24) is 9.97 Å². The molecule has 0 aliphatic carbocycles. The van der Waals surface area contributed by atoms with E-state index in [1.54, 1.807) is 24.3 Å². The Morgan fingerprint density at radius 3 is 2.39 bits per heavy atom. The lowest BCUT2D eigenvalue weighted by atomic mass is 10.2. The number of carbonyl (C=O) groups is 1. The zero-order valence-electron chi connectivity index (χ0n) is 13.4. The fraction of sp³-hybridized carbons (Fsp3) is 0.353. The van der Waals surface area contributed by atoms with Crippen LogP contribution in [0.3, 0.4) is 0 Å². The molecule has 122 valence electrons. The molecule has 0 spiro atoms. The summed E-state index contributed by atoms with van der Waals surface area (Å²) < 4.78 is 10.7. The molecule has 0 aliphatic rings. The number of rotatable bonds is 8. The van der Waals surface area contributed by atoms with E-state index in [9.17, 15) is 4.79 Å². The summed E-state index contributed by atoms with van der Waals surface area (Å²) in [5.74, 6) is 0.539. The summed E-state index contributed by atoms with van der Waals surface area (Å²) in [6.45, 7) is 5.15. The van der Waals surface area contributed by atoms with Crippen molar-refractivity contribution in [2.45, 2.75) is 26.7 Å². The molecular formula is C17H21N3O3. The van der Waals surface area contributed by atoms with Crippen molar-refractivity contribution < 1.29 is 14.3 Å². The first-order chi connectivity index (χ1) is 11.2. The standard InChI is InChI=1S/C17H21N3O3/c1-3-5-10-23-15-8-6-13(7-9-15)16(21)20-14-11-18-17(19-12-14)22-4-2/h6-9,11-12H,3-5,10H2,1-2H3,(H,20,21). The van der Waals surface area contributed by atoms with E-state index in [0.29, 0.717) is 30.5 Å². The summed E-state index contributed by atoms with van der Waals surface area (Å²) >= 11 is 0. The lowest BCUT2D eigenvalue weighted by molar-refractivity contribution is 0.102. The van der Waals surface area contributed by atoms with Gasteiger partial charge in [-0.2, -0.15) is 0 Å². The Balaban J connectivity index is 1.92. The predicted octanol–water partition coefficient (Wildman–Crippen LogP) is 3.31. The third kappa shape index (κ3) is 5.25. The van der Waals surface area contributed by atoms with Gasteiger partial charge in [0, 0.05) is 5.56 Å². The second-order valence-corrected chi connectivity index (χ2v) is 4.87. The van der Waals surface area contributed by atoms with Crippen molar-refractivity contribution in [2.75, 3.05) is 18.5 Å². The molecule has 0 unspecified atom stereocenters. The van der Waals surface area contributed by atoms with E-state index in [1.807, 2.05) is 6.92 Å². The number of amides is 1. The highest BCUT2D eigenvalue weighted by Crippen LogP contribution is 2.14. The highest BCUT2D eigenvalue weighted by atomic mass is 16.5. The van der Waals surface area contributed by atoms with E-state index in [4.69, 9.17) is 9.47 Å². The minimum atomic E-state index is -0.224. The van der Waals surface area contributed by atoms with Gasteiger partial charge in [-0.3, -0.25) is 4.79 Å². The number of anilines is 1. The fourth-order valence-electron chi connectivity index (χ4n) is 1.82. The lowest BCUT2D eigenvalue weighted by Crippen LogP contribution is -2.12. The molecule has 6 nitrogen and oxygen atoms in total. The van der Waals surface area contributed by atoms with Crippen LogP contribution in [0.1, 0.15) is 37.0 Å². The van der Waals surface area contributed by atoms with Gasteiger partial charge in [-0.1, -0.05) is 13.3 Å². The highest BCUT2D eigenvalue weighted by molar-refractivity contribution is 6.04. The first-order valence-electron chi connectivity index (χ1n) is 7.72. The molecule has 1 aromatic carbocycles. The number of carbonyl (C=O) groups excluding carboxylic acids is 1. The van der Waals surface area contributed by atoms with Gasteiger partial charge < -0.3 is 14.8 Å². The van der Waals surface area contributed by atoms with Crippen molar-refractivity contribution in [3.8, 4) is 11.8 Å². The molecule has 0 saturated carbocycles. The first-order valence-corrected chi connectivity index (χ1v) is 7.72. The van der Waals surface area contributed by atoms with E-state index >= 15 is 0 Å². The number of ether oxygens (including phenoxy) is 2. The molecule has 1 aromatic heterocycles. The Morgan fingerprint density at radius 2 is 1.78 bits per heavy atom. The second kappa shape index (κ2) is 8.73. The summed E-state index contributed by atoms with van der Waals surface area (Å²) in [6.07, 6.45) is 5.13. The molecule has 0 bridgehead atoms. The number of nitrogens with one attached hydrogen (secondary N) is 1. The Morgan fingerprint density at radius 1 is 1.09 bits per heavy atom. The summed E-state index contributed by atoms with van der Waals surface area (Å²) in [4.78, 5) is 20.2. The summed E-state index contributed by atoms with van der Waals surface area (Å²) in [7, 11) is 0. The monoisotopic (exact) mass is 315 g/mol. The quantitative estimate of drug-likeness (QED) is 0.757. The van der Waals surface area contributed by atoms with Crippen molar-refractivity contribution in [2.24, 2.45) is 0 Å². The summed E-state index contributed by atoms with van der Waals surface area (Å²) in [5, 5.41) is 2.74. The van der Waals surface area contributed by atoms with Crippen LogP contribution in [0.4, 0.5) is 5.69 Å². The molecule has 0 atom stereocenters. The molecule has 0 fully saturated rings. The maximum Gasteiger partial charge on any atom is 0.316 e. The fourth-order valence-corrected chi connectivity index (χ4v) is 1.82. The van der Waals surface area contributed by atoms with Crippen LogP contribution >= 0.6 is 0 Å². The average Bonchev–Trinajstić information content (AvgIpc) is 2.58. The third-order valence-electron chi connectivity index (χ3n) is 3.04. The molecule has 0 saturated heterocycles. The van der Waals surface area contributed by atoms with E-state index in [1.165, 1.54) is 12.4 Å². The molecule has 6 heteroatoms. The topological polar surface area (TPSA) is 73.3 Å². The van der Waals surface area contributed by atoms with Gasteiger partial charge in [-0.05, 0) is 37.6 Å². The van der Waals surface area contributed by atoms with Crippen LogP contribution in [-0.4, -0.2) is 29.1 Å². The van der Waals surface area contributed by atoms with Crippen molar-refractivity contribution in [3.63, 3.8) is 0 Å². The van der Waals surface area contributed by atoms with Gasteiger partial charge in [0.05, 0.1) is 31.3 Å². The van der Waals surface area contributed by atoms with Gasteiger partial charge in [-0.25, -0.2) is 9.97 Å². The normalized spacial score (nSPS) is 10.2. The van der Waals surface area contributed by atoms with E-state index in [0.717, 1.165) is 18.6 Å². The Bertz CT molecular complexity index is 612. The summed E-state index contributed by atoms with van der Waals surface area (Å²) in [5.41, 5.74) is 1.06. The Kier molecular flexibility index (Phi) is 6.35. The Labute approximate surface area is 135 Å². The highest BCUT2D eigenvalue weighted by Gasteiger charge is 2.07. The van der Waals surface area contributed by atoms with Crippen LogP contribution in [0, 0.1) is 0 Å².